The van der Waals surface area contributed by atoms with Gasteiger partial charge in [0, 0.05) is 0 Å². The molecule has 1 rings (SSSR count). The van der Waals surface area contributed by atoms with Gasteiger partial charge >= 0.3 is 5.97 Å². The van der Waals surface area contributed by atoms with E-state index in [-0.39, 0.29) is 11.3 Å². The molecule has 86 valence electrons. The highest BCUT2D eigenvalue weighted by atomic mass is 19.1. The third-order valence-electron chi connectivity index (χ3n) is 2.02. The number of carboxylic acids is 1. The van der Waals surface area contributed by atoms with Crippen LogP contribution in [-0.4, -0.2) is 29.1 Å². The lowest BCUT2D eigenvalue weighted by molar-refractivity contribution is -0.131. The van der Waals surface area contributed by atoms with Crippen LogP contribution >= 0.6 is 0 Å². The number of halogens is 1. The van der Waals surface area contributed by atoms with Gasteiger partial charge in [0.15, 0.2) is 17.3 Å². The number of ether oxygens (including phenoxy) is 1. The van der Waals surface area contributed by atoms with Gasteiger partial charge in [-0.3, -0.25) is 4.79 Å². The zero-order valence-electron chi connectivity index (χ0n) is 8.57. The van der Waals surface area contributed by atoms with Gasteiger partial charge in [0.2, 0.25) is 0 Å². The molecule has 6 heteroatoms. The van der Waals surface area contributed by atoms with Crippen molar-refractivity contribution in [3.63, 3.8) is 0 Å². The first-order valence-corrected chi connectivity index (χ1v) is 4.23. The van der Waals surface area contributed by atoms with Crippen LogP contribution in [0.15, 0.2) is 6.07 Å². The molecule has 0 heterocycles. The highest BCUT2D eigenvalue weighted by molar-refractivity contribution is 6.40. The van der Waals surface area contributed by atoms with Gasteiger partial charge in [0.05, 0.1) is 12.7 Å². The van der Waals surface area contributed by atoms with Crippen LogP contribution < -0.4 is 4.74 Å². The molecule has 1 aromatic rings. The molecule has 0 saturated heterocycles. The number of Topliss-reactive ketones (excluding diaryl/α,β-unsaturated/α-hetero) is 1. The molecule has 0 aliphatic carbocycles. The number of carboxylic acid groups (broad SMARTS) is 1. The summed E-state index contributed by atoms with van der Waals surface area (Å²) >= 11 is 0. The van der Waals surface area contributed by atoms with Crippen LogP contribution in [0.4, 0.5) is 4.39 Å². The summed E-state index contributed by atoms with van der Waals surface area (Å²) in [6.45, 7) is 1.45. The van der Waals surface area contributed by atoms with Gasteiger partial charge in [-0.1, -0.05) is 0 Å². The Kier molecular flexibility index (Phi) is 3.12. The van der Waals surface area contributed by atoms with Gasteiger partial charge in [-0.2, -0.15) is 0 Å². The van der Waals surface area contributed by atoms with Crippen LogP contribution in [0, 0.1) is 12.7 Å². The zero-order valence-corrected chi connectivity index (χ0v) is 8.57. The van der Waals surface area contributed by atoms with Gasteiger partial charge in [-0.15, -0.1) is 0 Å². The molecule has 16 heavy (non-hydrogen) atoms. The Morgan fingerprint density at radius 1 is 1.44 bits per heavy atom. The molecule has 1 aromatic carbocycles. The number of methoxy groups -OCH3 is 1. The molecule has 5 nitrogen and oxygen atoms in total. The Balaban J connectivity index is 3.45. The van der Waals surface area contributed by atoms with E-state index in [9.17, 15) is 19.1 Å². The van der Waals surface area contributed by atoms with Crippen molar-refractivity contribution in [2.24, 2.45) is 0 Å². The maximum absolute atomic E-state index is 13.4. The van der Waals surface area contributed by atoms with Gasteiger partial charge in [0.1, 0.15) is 0 Å². The quantitative estimate of drug-likeness (QED) is 0.598. The molecule has 0 aliphatic heterocycles. The standard InChI is InChI=1S/C10H9FO5/c1-4-3-5(7(12)10(14)15)6(11)8(13)9(4)16-2/h3,13H,1-2H3,(H,14,15). The van der Waals surface area contributed by atoms with Gasteiger partial charge in [-0.05, 0) is 18.6 Å². The summed E-state index contributed by atoms with van der Waals surface area (Å²) in [7, 11) is 1.22. The Labute approximate surface area is 90.1 Å². The lowest BCUT2D eigenvalue weighted by Crippen LogP contribution is -2.15. The van der Waals surface area contributed by atoms with E-state index in [0.717, 1.165) is 6.07 Å². The predicted molar refractivity (Wildman–Crippen MR) is 51.3 cm³/mol. The third kappa shape index (κ3) is 1.81. The largest absolute Gasteiger partial charge is 0.502 e. The number of phenols is 1. The van der Waals surface area contributed by atoms with E-state index < -0.39 is 28.9 Å². The summed E-state index contributed by atoms with van der Waals surface area (Å²) in [4.78, 5) is 21.5. The van der Waals surface area contributed by atoms with Gasteiger partial charge in [0.25, 0.3) is 5.78 Å². The second kappa shape index (κ2) is 4.18. The number of carbonyl (C=O) groups excluding carboxylic acids is 1. The van der Waals surface area contributed by atoms with Crippen molar-refractivity contribution >= 4 is 11.8 Å². The van der Waals surface area contributed by atoms with Crippen LogP contribution in [0.3, 0.4) is 0 Å². The molecule has 0 saturated carbocycles. The first-order chi connectivity index (χ1) is 7.40. The Morgan fingerprint density at radius 2 is 2.00 bits per heavy atom. The number of aromatic hydroxyl groups is 1. The summed E-state index contributed by atoms with van der Waals surface area (Å²) in [5, 5.41) is 17.8. The molecule has 0 bridgehead atoms. The highest BCUT2D eigenvalue weighted by Gasteiger charge is 2.24. The number of phenolic OH excluding ortho intramolecular Hbond substituents is 1. The second-order valence-electron chi connectivity index (χ2n) is 3.07. The summed E-state index contributed by atoms with van der Waals surface area (Å²) in [6, 6.07) is 1.02. The van der Waals surface area contributed by atoms with E-state index in [2.05, 4.69) is 0 Å². The van der Waals surface area contributed by atoms with E-state index in [1.807, 2.05) is 0 Å². The number of rotatable bonds is 3. The van der Waals surface area contributed by atoms with Crippen molar-refractivity contribution in [1.82, 2.24) is 0 Å². The van der Waals surface area contributed by atoms with E-state index in [1.54, 1.807) is 0 Å². The summed E-state index contributed by atoms with van der Waals surface area (Å²) in [5.74, 6) is -5.50. The molecular formula is C10H9FO5. The first kappa shape index (κ1) is 12.0. The average molecular weight is 228 g/mol. The summed E-state index contributed by atoms with van der Waals surface area (Å²) in [6.07, 6.45) is 0. The Morgan fingerprint density at radius 3 is 2.44 bits per heavy atom. The molecule has 0 aliphatic rings. The highest BCUT2D eigenvalue weighted by Crippen LogP contribution is 2.34. The normalized spacial score (nSPS) is 9.94. The number of aryl methyl sites for hydroxylation is 1. The second-order valence-corrected chi connectivity index (χ2v) is 3.07. The van der Waals surface area contributed by atoms with Crippen molar-refractivity contribution in [1.29, 1.82) is 0 Å². The van der Waals surface area contributed by atoms with E-state index in [1.165, 1.54) is 14.0 Å². The molecule has 0 spiro atoms. The lowest BCUT2D eigenvalue weighted by Gasteiger charge is -2.09. The smallest absolute Gasteiger partial charge is 0.377 e. The minimum atomic E-state index is -1.79. The third-order valence-corrected chi connectivity index (χ3v) is 2.02. The number of ketones is 1. The topological polar surface area (TPSA) is 83.8 Å². The van der Waals surface area contributed by atoms with Crippen molar-refractivity contribution in [2.45, 2.75) is 6.92 Å². The fourth-order valence-corrected chi connectivity index (χ4v) is 1.30. The Bertz CT molecular complexity index is 467. The lowest BCUT2D eigenvalue weighted by atomic mass is 10.1. The molecule has 0 amide bonds. The van der Waals surface area contributed by atoms with Gasteiger partial charge < -0.3 is 14.9 Å². The maximum Gasteiger partial charge on any atom is 0.377 e. The fourth-order valence-electron chi connectivity index (χ4n) is 1.30. The fraction of sp³-hybridized carbons (Fsp3) is 0.200. The monoisotopic (exact) mass is 228 g/mol. The van der Waals surface area contributed by atoms with E-state index >= 15 is 0 Å². The average Bonchev–Trinajstić information content (AvgIpc) is 2.23. The van der Waals surface area contributed by atoms with E-state index in [0.29, 0.717) is 0 Å². The van der Waals surface area contributed by atoms with Crippen molar-refractivity contribution < 1.29 is 28.9 Å². The molecular weight excluding hydrogens is 219 g/mol. The van der Waals surface area contributed by atoms with Crippen molar-refractivity contribution in [3.8, 4) is 11.5 Å². The minimum Gasteiger partial charge on any atom is -0.502 e. The van der Waals surface area contributed by atoms with Gasteiger partial charge in [-0.25, -0.2) is 9.18 Å². The number of hydrogen-bond acceptors (Lipinski definition) is 4. The molecule has 0 radical (unpaired) electrons. The van der Waals surface area contributed by atoms with Crippen LogP contribution in [0.5, 0.6) is 11.5 Å². The van der Waals surface area contributed by atoms with Crippen molar-refractivity contribution in [2.75, 3.05) is 7.11 Å². The van der Waals surface area contributed by atoms with E-state index in [4.69, 9.17) is 9.84 Å². The number of aliphatic carboxylic acids is 1. The SMILES string of the molecule is COc1c(C)cc(C(=O)C(=O)O)c(F)c1O. The summed E-state index contributed by atoms with van der Waals surface area (Å²) < 4.78 is 18.1. The first-order valence-electron chi connectivity index (χ1n) is 4.23. The molecule has 0 unspecified atom stereocenters. The number of benzene rings is 1. The van der Waals surface area contributed by atoms with Crippen LogP contribution in [0.1, 0.15) is 15.9 Å². The van der Waals surface area contributed by atoms with Crippen LogP contribution in [-0.2, 0) is 4.79 Å². The molecule has 0 atom stereocenters. The molecule has 2 N–H and O–H groups in total. The van der Waals surface area contributed by atoms with Crippen molar-refractivity contribution in [3.05, 3.63) is 23.0 Å². The minimum absolute atomic E-state index is 0.126. The zero-order chi connectivity index (χ0) is 12.5. The Hall–Kier alpha value is -2.11. The molecule has 0 aromatic heterocycles. The van der Waals surface area contributed by atoms with Crippen LogP contribution in [0.25, 0.3) is 0 Å². The molecule has 0 fully saturated rings. The van der Waals surface area contributed by atoms with Crippen LogP contribution in [0.2, 0.25) is 0 Å². The summed E-state index contributed by atoms with van der Waals surface area (Å²) in [5.41, 5.74) is -0.422. The number of hydrogen-bond donors (Lipinski definition) is 2. The maximum atomic E-state index is 13.4. The predicted octanol–water partition coefficient (Wildman–Crippen LogP) is 1.12. The number of carbonyl (C=O) groups is 2.